The van der Waals surface area contributed by atoms with Crippen LogP contribution in [0.25, 0.3) is 0 Å². The zero-order valence-electron chi connectivity index (χ0n) is 11.3. The van der Waals surface area contributed by atoms with Gasteiger partial charge in [-0.1, -0.05) is 12.1 Å². The first-order chi connectivity index (χ1) is 8.38. The quantitative estimate of drug-likeness (QED) is 0.758. The van der Waals surface area contributed by atoms with E-state index in [1.54, 1.807) is 0 Å². The van der Waals surface area contributed by atoms with E-state index in [2.05, 4.69) is 34.5 Å². The third-order valence-corrected chi connectivity index (χ3v) is 3.68. The van der Waals surface area contributed by atoms with Crippen molar-refractivity contribution in [2.45, 2.75) is 13.0 Å². The van der Waals surface area contributed by atoms with Crippen LogP contribution in [0, 0.1) is 0 Å². The molecular formula is C13H22N2O2S. The van der Waals surface area contributed by atoms with Crippen molar-refractivity contribution < 1.29 is 8.42 Å². The Bertz CT molecular complexity index is 452. The number of nitrogens with zero attached hydrogens (tertiary/aromatic N) is 1. The lowest BCUT2D eigenvalue weighted by molar-refractivity contribution is 0.594. The molecule has 4 nitrogen and oxygen atoms in total. The normalized spacial score (nSPS) is 11.5. The van der Waals surface area contributed by atoms with Gasteiger partial charge >= 0.3 is 0 Å². The van der Waals surface area contributed by atoms with Crippen LogP contribution in [-0.2, 0) is 16.4 Å². The summed E-state index contributed by atoms with van der Waals surface area (Å²) < 4.78 is 21.9. The summed E-state index contributed by atoms with van der Waals surface area (Å²) in [5.74, 6) is 0.250. The Balaban J connectivity index is 2.27. The number of anilines is 1. The van der Waals surface area contributed by atoms with Gasteiger partial charge in [-0.3, -0.25) is 0 Å². The van der Waals surface area contributed by atoms with Crippen LogP contribution in [0.2, 0.25) is 0 Å². The van der Waals surface area contributed by atoms with E-state index >= 15 is 0 Å². The lowest BCUT2D eigenvalue weighted by Gasteiger charge is -2.12. The Labute approximate surface area is 110 Å². The Hall–Kier alpha value is -1.07. The van der Waals surface area contributed by atoms with Crippen molar-refractivity contribution >= 4 is 15.5 Å². The second kappa shape index (κ2) is 6.75. The maximum atomic E-state index is 10.9. The van der Waals surface area contributed by atoms with E-state index in [-0.39, 0.29) is 5.75 Å². The summed E-state index contributed by atoms with van der Waals surface area (Å²) in [6.07, 6.45) is 1.93. The van der Waals surface area contributed by atoms with E-state index in [1.807, 2.05) is 14.1 Å². The third-order valence-electron chi connectivity index (χ3n) is 2.65. The molecule has 0 unspecified atom stereocenters. The summed E-state index contributed by atoms with van der Waals surface area (Å²) in [5, 5.41) is 3.24. The third kappa shape index (κ3) is 6.02. The standard InChI is InChI=1S/C13H22N2O2S/c1-15(2)13-7-5-12(6-8-13)11-14-9-4-10-18(3,16)17/h5-8,14H,4,9-11H2,1-3H3. The van der Waals surface area contributed by atoms with E-state index in [0.717, 1.165) is 13.1 Å². The minimum Gasteiger partial charge on any atom is -0.378 e. The first kappa shape index (κ1) is 15.0. The molecule has 0 aliphatic rings. The largest absolute Gasteiger partial charge is 0.378 e. The zero-order valence-corrected chi connectivity index (χ0v) is 12.1. The predicted molar refractivity (Wildman–Crippen MR) is 76.8 cm³/mol. The van der Waals surface area contributed by atoms with E-state index in [1.165, 1.54) is 17.5 Å². The molecule has 0 saturated heterocycles. The van der Waals surface area contributed by atoms with E-state index in [4.69, 9.17) is 0 Å². The Morgan fingerprint density at radius 1 is 1.17 bits per heavy atom. The van der Waals surface area contributed by atoms with Gasteiger partial charge in [-0.15, -0.1) is 0 Å². The van der Waals surface area contributed by atoms with Crippen molar-refractivity contribution in [2.75, 3.05) is 37.5 Å². The first-order valence-corrected chi connectivity index (χ1v) is 8.09. The minimum atomic E-state index is -2.83. The second-order valence-corrected chi connectivity index (χ2v) is 6.98. The molecule has 0 saturated carbocycles. The molecule has 0 bridgehead atoms. The molecule has 18 heavy (non-hydrogen) atoms. The number of hydrogen-bond acceptors (Lipinski definition) is 4. The van der Waals surface area contributed by atoms with Gasteiger partial charge in [0.05, 0.1) is 5.75 Å². The summed E-state index contributed by atoms with van der Waals surface area (Å²) in [6.45, 7) is 1.50. The lowest BCUT2D eigenvalue weighted by Crippen LogP contribution is -2.18. The van der Waals surface area contributed by atoms with Crippen LogP contribution in [0.4, 0.5) is 5.69 Å². The molecule has 0 aliphatic heterocycles. The summed E-state index contributed by atoms with van der Waals surface area (Å²) in [4.78, 5) is 2.06. The lowest BCUT2D eigenvalue weighted by atomic mass is 10.2. The Morgan fingerprint density at radius 2 is 1.78 bits per heavy atom. The topological polar surface area (TPSA) is 49.4 Å². The predicted octanol–water partition coefficient (Wildman–Crippen LogP) is 1.28. The molecular weight excluding hydrogens is 248 g/mol. The van der Waals surface area contributed by atoms with Crippen molar-refractivity contribution in [3.63, 3.8) is 0 Å². The molecule has 5 heteroatoms. The second-order valence-electron chi connectivity index (χ2n) is 4.72. The fraction of sp³-hybridized carbons (Fsp3) is 0.538. The van der Waals surface area contributed by atoms with Gasteiger partial charge in [-0.05, 0) is 30.7 Å². The van der Waals surface area contributed by atoms with Gasteiger partial charge in [0.1, 0.15) is 9.84 Å². The van der Waals surface area contributed by atoms with E-state index in [9.17, 15) is 8.42 Å². The highest BCUT2D eigenvalue weighted by Crippen LogP contribution is 2.11. The van der Waals surface area contributed by atoms with Crippen LogP contribution in [0.1, 0.15) is 12.0 Å². The van der Waals surface area contributed by atoms with Crippen molar-refractivity contribution in [1.82, 2.24) is 5.32 Å². The number of nitrogens with one attached hydrogen (secondary N) is 1. The molecule has 1 aromatic carbocycles. The van der Waals surface area contributed by atoms with Crippen LogP contribution < -0.4 is 10.2 Å². The van der Waals surface area contributed by atoms with Crippen LogP contribution in [0.15, 0.2) is 24.3 Å². The Morgan fingerprint density at radius 3 is 2.28 bits per heavy atom. The van der Waals surface area contributed by atoms with Crippen LogP contribution in [0.3, 0.4) is 0 Å². The minimum absolute atomic E-state index is 0.250. The van der Waals surface area contributed by atoms with Crippen LogP contribution in [0.5, 0.6) is 0 Å². The van der Waals surface area contributed by atoms with Gasteiger partial charge < -0.3 is 10.2 Å². The highest BCUT2D eigenvalue weighted by molar-refractivity contribution is 7.90. The highest BCUT2D eigenvalue weighted by Gasteiger charge is 2.01. The maximum absolute atomic E-state index is 10.9. The summed E-state index contributed by atoms with van der Waals surface area (Å²) in [6, 6.07) is 8.32. The zero-order chi connectivity index (χ0) is 13.6. The number of benzene rings is 1. The molecule has 0 amide bonds. The van der Waals surface area contributed by atoms with Gasteiger partial charge in [-0.2, -0.15) is 0 Å². The van der Waals surface area contributed by atoms with E-state index in [0.29, 0.717) is 6.42 Å². The van der Waals surface area contributed by atoms with Crippen molar-refractivity contribution in [1.29, 1.82) is 0 Å². The smallest absolute Gasteiger partial charge is 0.147 e. The SMILES string of the molecule is CN(C)c1ccc(CNCCCS(C)(=O)=O)cc1. The molecule has 0 radical (unpaired) electrons. The van der Waals surface area contributed by atoms with Gasteiger partial charge in [0.15, 0.2) is 0 Å². The summed E-state index contributed by atoms with van der Waals surface area (Å²) in [7, 11) is 1.19. The highest BCUT2D eigenvalue weighted by atomic mass is 32.2. The van der Waals surface area contributed by atoms with Gasteiger partial charge in [-0.25, -0.2) is 8.42 Å². The molecule has 0 aliphatic carbocycles. The molecule has 1 rings (SSSR count). The number of rotatable bonds is 7. The average Bonchev–Trinajstić information content (AvgIpc) is 2.27. The number of hydrogen-bond donors (Lipinski definition) is 1. The van der Waals surface area contributed by atoms with Gasteiger partial charge in [0.25, 0.3) is 0 Å². The molecule has 0 fully saturated rings. The van der Waals surface area contributed by atoms with Crippen molar-refractivity contribution in [3.05, 3.63) is 29.8 Å². The first-order valence-electron chi connectivity index (χ1n) is 6.03. The van der Waals surface area contributed by atoms with Crippen LogP contribution >= 0.6 is 0 Å². The van der Waals surface area contributed by atoms with Crippen molar-refractivity contribution in [3.8, 4) is 0 Å². The Kier molecular flexibility index (Phi) is 5.62. The molecule has 0 atom stereocenters. The fourth-order valence-electron chi connectivity index (χ4n) is 1.60. The molecule has 102 valence electrons. The van der Waals surface area contributed by atoms with E-state index < -0.39 is 9.84 Å². The molecule has 1 aromatic rings. The molecule has 0 heterocycles. The summed E-state index contributed by atoms with van der Waals surface area (Å²) in [5.41, 5.74) is 2.38. The molecule has 0 spiro atoms. The maximum Gasteiger partial charge on any atom is 0.147 e. The van der Waals surface area contributed by atoms with Crippen LogP contribution in [-0.4, -0.2) is 41.1 Å². The van der Waals surface area contributed by atoms with Gasteiger partial charge in [0, 0.05) is 32.6 Å². The van der Waals surface area contributed by atoms with Crippen molar-refractivity contribution in [2.24, 2.45) is 0 Å². The monoisotopic (exact) mass is 270 g/mol. The number of sulfone groups is 1. The molecule has 1 N–H and O–H groups in total. The van der Waals surface area contributed by atoms with Gasteiger partial charge in [0.2, 0.25) is 0 Å². The summed E-state index contributed by atoms with van der Waals surface area (Å²) >= 11 is 0. The average molecular weight is 270 g/mol. The fourth-order valence-corrected chi connectivity index (χ4v) is 2.27. The molecule has 0 aromatic heterocycles.